The number of fused-ring (bicyclic) bond motifs is 1. The molecule has 138 valence electrons. The Labute approximate surface area is 159 Å². The van der Waals surface area contributed by atoms with Crippen molar-refractivity contribution in [1.82, 2.24) is 9.80 Å². The summed E-state index contributed by atoms with van der Waals surface area (Å²) >= 11 is 6.09. The molecule has 0 saturated carbocycles. The zero-order valence-corrected chi connectivity index (χ0v) is 15.6. The van der Waals surface area contributed by atoms with Gasteiger partial charge in [0.05, 0.1) is 6.04 Å². The number of nitrogens with zero attached hydrogens (tertiary/aromatic N) is 2. The topological polar surface area (TPSA) is 15.7 Å². The molecule has 2 aromatic rings. The molecule has 1 atom stereocenters. The fourth-order valence-corrected chi connectivity index (χ4v) is 4.14. The maximum absolute atomic E-state index is 14.0. The fourth-order valence-electron chi connectivity index (χ4n) is 4.02. The van der Waals surface area contributed by atoms with Crippen molar-refractivity contribution in [1.29, 1.82) is 0 Å². The molecule has 5 heteroatoms. The van der Waals surface area contributed by atoms with Gasteiger partial charge in [-0.2, -0.15) is 0 Å². The largest absolute Gasteiger partial charge is 0.492 e. The molecule has 1 fully saturated rings. The highest BCUT2D eigenvalue weighted by Gasteiger charge is 2.29. The van der Waals surface area contributed by atoms with Gasteiger partial charge in [0.1, 0.15) is 18.2 Å². The monoisotopic (exact) mass is 374 g/mol. The first-order valence-electron chi connectivity index (χ1n) is 9.35. The van der Waals surface area contributed by atoms with E-state index in [9.17, 15) is 4.39 Å². The van der Waals surface area contributed by atoms with Crippen LogP contribution in [0.2, 0.25) is 5.02 Å². The predicted molar refractivity (Wildman–Crippen MR) is 102 cm³/mol. The molecule has 1 unspecified atom stereocenters. The standard InChI is InChI=1S/C21H24ClFN2O/c22-17-5-3-16(4-6-17)21-19-15-18(23)7-8-20(19)26-14-13-25(21)12-11-24-9-1-2-10-24/h3-8,15,21H,1-2,9-14H2. The predicted octanol–water partition coefficient (Wildman–Crippen LogP) is 4.36. The van der Waals surface area contributed by atoms with E-state index in [1.54, 1.807) is 12.1 Å². The Morgan fingerprint density at radius 1 is 1.00 bits per heavy atom. The summed E-state index contributed by atoms with van der Waals surface area (Å²) in [5, 5.41) is 0.710. The Balaban J connectivity index is 1.67. The third kappa shape index (κ3) is 3.88. The molecular weight excluding hydrogens is 351 g/mol. The van der Waals surface area contributed by atoms with Gasteiger partial charge in [-0.3, -0.25) is 4.90 Å². The highest BCUT2D eigenvalue weighted by molar-refractivity contribution is 6.30. The highest BCUT2D eigenvalue weighted by Crippen LogP contribution is 2.37. The van der Waals surface area contributed by atoms with E-state index in [2.05, 4.69) is 9.80 Å². The average molecular weight is 375 g/mol. The molecule has 0 bridgehead atoms. The van der Waals surface area contributed by atoms with E-state index in [0.717, 1.165) is 36.5 Å². The molecule has 0 aromatic heterocycles. The van der Waals surface area contributed by atoms with Crippen molar-refractivity contribution in [2.75, 3.05) is 39.3 Å². The van der Waals surface area contributed by atoms with Crippen LogP contribution in [0, 0.1) is 5.82 Å². The third-order valence-electron chi connectivity index (χ3n) is 5.36. The number of rotatable bonds is 4. The van der Waals surface area contributed by atoms with E-state index in [1.807, 2.05) is 24.3 Å². The van der Waals surface area contributed by atoms with E-state index in [1.165, 1.54) is 32.0 Å². The lowest BCUT2D eigenvalue weighted by Crippen LogP contribution is -2.37. The molecule has 0 radical (unpaired) electrons. The Morgan fingerprint density at radius 2 is 1.77 bits per heavy atom. The lowest BCUT2D eigenvalue weighted by molar-refractivity contribution is 0.177. The third-order valence-corrected chi connectivity index (χ3v) is 5.61. The number of hydrogen-bond donors (Lipinski definition) is 0. The molecule has 2 aliphatic heterocycles. The summed E-state index contributed by atoms with van der Waals surface area (Å²) in [4.78, 5) is 4.92. The lowest BCUT2D eigenvalue weighted by Gasteiger charge is -2.32. The van der Waals surface area contributed by atoms with E-state index in [4.69, 9.17) is 16.3 Å². The minimum Gasteiger partial charge on any atom is -0.492 e. The van der Waals surface area contributed by atoms with Crippen LogP contribution in [0.1, 0.15) is 30.0 Å². The van der Waals surface area contributed by atoms with Crippen LogP contribution < -0.4 is 4.74 Å². The van der Waals surface area contributed by atoms with Gasteiger partial charge in [0, 0.05) is 30.2 Å². The summed E-state index contributed by atoms with van der Waals surface area (Å²) in [5.74, 6) is 0.544. The normalized spacial score (nSPS) is 21.2. The Morgan fingerprint density at radius 3 is 2.54 bits per heavy atom. The number of likely N-dealkylation sites (tertiary alicyclic amines) is 1. The van der Waals surface area contributed by atoms with Crippen LogP contribution in [-0.2, 0) is 0 Å². The summed E-state index contributed by atoms with van der Waals surface area (Å²) in [5.41, 5.74) is 2.01. The molecule has 0 spiro atoms. The van der Waals surface area contributed by atoms with Crippen LogP contribution >= 0.6 is 11.6 Å². The van der Waals surface area contributed by atoms with Gasteiger partial charge in [-0.25, -0.2) is 4.39 Å². The second kappa shape index (κ2) is 7.95. The van der Waals surface area contributed by atoms with Crippen molar-refractivity contribution in [3.05, 3.63) is 64.4 Å². The molecule has 0 N–H and O–H groups in total. The van der Waals surface area contributed by atoms with Gasteiger partial charge in [0.2, 0.25) is 0 Å². The van der Waals surface area contributed by atoms with Crippen molar-refractivity contribution >= 4 is 11.6 Å². The molecule has 0 aliphatic carbocycles. The van der Waals surface area contributed by atoms with E-state index < -0.39 is 0 Å². The first-order chi connectivity index (χ1) is 12.7. The zero-order chi connectivity index (χ0) is 17.9. The fraction of sp³-hybridized carbons (Fsp3) is 0.429. The summed E-state index contributed by atoms with van der Waals surface area (Å²) in [6.07, 6.45) is 2.58. The molecule has 3 nitrogen and oxygen atoms in total. The summed E-state index contributed by atoms with van der Waals surface area (Å²) in [7, 11) is 0. The van der Waals surface area contributed by atoms with Gasteiger partial charge in [0.15, 0.2) is 0 Å². The van der Waals surface area contributed by atoms with Crippen LogP contribution in [0.15, 0.2) is 42.5 Å². The van der Waals surface area contributed by atoms with Crippen molar-refractivity contribution in [3.63, 3.8) is 0 Å². The van der Waals surface area contributed by atoms with Gasteiger partial charge >= 0.3 is 0 Å². The van der Waals surface area contributed by atoms with Gasteiger partial charge in [-0.05, 0) is 61.8 Å². The molecular formula is C21H24ClFN2O. The van der Waals surface area contributed by atoms with Gasteiger partial charge in [0.25, 0.3) is 0 Å². The average Bonchev–Trinajstić information content (AvgIpc) is 3.09. The minimum atomic E-state index is -0.229. The lowest BCUT2D eigenvalue weighted by atomic mass is 9.96. The zero-order valence-electron chi connectivity index (χ0n) is 14.8. The van der Waals surface area contributed by atoms with Crippen molar-refractivity contribution in [2.24, 2.45) is 0 Å². The number of ether oxygens (including phenoxy) is 1. The quantitative estimate of drug-likeness (QED) is 0.790. The number of halogens is 2. The maximum atomic E-state index is 14.0. The highest BCUT2D eigenvalue weighted by atomic mass is 35.5. The minimum absolute atomic E-state index is 0.0249. The van der Waals surface area contributed by atoms with Crippen LogP contribution in [0.4, 0.5) is 4.39 Å². The van der Waals surface area contributed by atoms with E-state index >= 15 is 0 Å². The molecule has 4 rings (SSSR count). The smallest absolute Gasteiger partial charge is 0.124 e. The summed E-state index contributed by atoms with van der Waals surface area (Å²) in [6.45, 7) is 5.77. The summed E-state index contributed by atoms with van der Waals surface area (Å²) in [6, 6.07) is 12.7. The van der Waals surface area contributed by atoms with Gasteiger partial charge < -0.3 is 9.64 Å². The second-order valence-corrected chi connectivity index (χ2v) is 7.51. The van der Waals surface area contributed by atoms with Gasteiger partial charge in [-0.1, -0.05) is 23.7 Å². The number of hydrogen-bond acceptors (Lipinski definition) is 3. The summed E-state index contributed by atoms with van der Waals surface area (Å²) < 4.78 is 20.0. The second-order valence-electron chi connectivity index (χ2n) is 7.07. The molecule has 2 aliphatic rings. The van der Waals surface area contributed by atoms with Crippen LogP contribution in [0.25, 0.3) is 0 Å². The first-order valence-corrected chi connectivity index (χ1v) is 9.72. The van der Waals surface area contributed by atoms with Crippen molar-refractivity contribution in [2.45, 2.75) is 18.9 Å². The van der Waals surface area contributed by atoms with Crippen molar-refractivity contribution < 1.29 is 9.13 Å². The van der Waals surface area contributed by atoms with E-state index in [-0.39, 0.29) is 11.9 Å². The molecule has 2 aromatic carbocycles. The van der Waals surface area contributed by atoms with Crippen LogP contribution in [0.5, 0.6) is 5.75 Å². The van der Waals surface area contributed by atoms with Crippen LogP contribution in [0.3, 0.4) is 0 Å². The Hall–Kier alpha value is -1.62. The van der Waals surface area contributed by atoms with Crippen LogP contribution in [-0.4, -0.2) is 49.1 Å². The molecule has 1 saturated heterocycles. The Kier molecular flexibility index (Phi) is 5.44. The van der Waals surface area contributed by atoms with Gasteiger partial charge in [-0.15, -0.1) is 0 Å². The van der Waals surface area contributed by atoms with Crippen molar-refractivity contribution in [3.8, 4) is 5.75 Å². The molecule has 26 heavy (non-hydrogen) atoms. The SMILES string of the molecule is Fc1ccc2c(c1)C(c1ccc(Cl)cc1)N(CCN1CCCC1)CCO2. The molecule has 0 amide bonds. The first kappa shape index (κ1) is 17.8. The van der Waals surface area contributed by atoms with E-state index in [0.29, 0.717) is 11.6 Å². The Bertz CT molecular complexity index is 746. The maximum Gasteiger partial charge on any atom is 0.124 e. The molecule has 2 heterocycles. The number of benzene rings is 2.